The number of aromatic nitrogens is 4. The summed E-state index contributed by atoms with van der Waals surface area (Å²) in [6, 6.07) is 16.9. The molecule has 1 aliphatic rings. The minimum absolute atomic E-state index is 0.0401. The number of carbonyl (C=O) groups excluding carboxylic acids is 2. The number of likely N-dealkylation sites (tertiary alicyclic amines) is 1. The Morgan fingerprint density at radius 3 is 2.64 bits per heavy atom. The van der Waals surface area contributed by atoms with Crippen molar-refractivity contribution in [2.24, 2.45) is 0 Å². The first kappa shape index (κ1) is 26.1. The van der Waals surface area contributed by atoms with Gasteiger partial charge >= 0.3 is 6.09 Å². The van der Waals surface area contributed by atoms with Crippen LogP contribution in [-0.4, -0.2) is 54.6 Å². The van der Waals surface area contributed by atoms with Gasteiger partial charge in [0.25, 0.3) is 0 Å². The lowest BCUT2D eigenvalue weighted by Crippen LogP contribution is -2.45. The monoisotopic (exact) mass is 527 g/mol. The summed E-state index contributed by atoms with van der Waals surface area (Å²) in [6.45, 7) is 8.00. The molecule has 0 bridgehead atoms. The molecule has 39 heavy (non-hydrogen) atoms. The minimum atomic E-state index is -0.620. The van der Waals surface area contributed by atoms with Crippen LogP contribution in [0, 0.1) is 0 Å². The number of imidazole rings is 1. The van der Waals surface area contributed by atoms with Gasteiger partial charge in [0, 0.05) is 18.4 Å². The molecule has 2 aromatic carbocycles. The van der Waals surface area contributed by atoms with E-state index in [9.17, 15) is 9.59 Å². The fourth-order valence-electron chi connectivity index (χ4n) is 4.65. The van der Waals surface area contributed by atoms with Crippen molar-refractivity contribution < 1.29 is 14.3 Å². The normalized spacial score (nSPS) is 16.2. The second-order valence-corrected chi connectivity index (χ2v) is 10.7. The Labute approximate surface area is 227 Å². The summed E-state index contributed by atoms with van der Waals surface area (Å²) in [7, 11) is 0. The molecule has 0 aliphatic carbocycles. The van der Waals surface area contributed by atoms with Gasteiger partial charge in [0.05, 0.1) is 17.1 Å². The first-order valence-electron chi connectivity index (χ1n) is 13.1. The molecule has 2 amide bonds. The van der Waals surface area contributed by atoms with E-state index in [-0.39, 0.29) is 11.9 Å². The Morgan fingerprint density at radius 2 is 1.87 bits per heavy atom. The van der Waals surface area contributed by atoms with Gasteiger partial charge < -0.3 is 15.4 Å². The summed E-state index contributed by atoms with van der Waals surface area (Å²) in [5, 5.41) is 6.30. The molecule has 10 nitrogen and oxygen atoms in total. The number of ether oxygens (including phenoxy) is 1. The van der Waals surface area contributed by atoms with Crippen molar-refractivity contribution in [3.63, 3.8) is 0 Å². The van der Waals surface area contributed by atoms with Gasteiger partial charge in [-0.2, -0.15) is 4.98 Å². The molecule has 2 aromatic heterocycles. The van der Waals surface area contributed by atoms with Crippen LogP contribution in [0.25, 0.3) is 16.9 Å². The molecule has 1 saturated heterocycles. The van der Waals surface area contributed by atoms with Crippen molar-refractivity contribution in [3.8, 4) is 5.82 Å². The molecule has 0 radical (unpaired) electrons. The SMILES string of the molecule is C[C@H](Nc1nccc(-n2cnc3cc(NC(=O)C4CCCN4C(=O)OC(C)(C)C)ccc32)n1)c1ccccc1. The summed E-state index contributed by atoms with van der Waals surface area (Å²) < 4.78 is 7.36. The fourth-order valence-corrected chi connectivity index (χ4v) is 4.65. The highest BCUT2D eigenvalue weighted by Crippen LogP contribution is 2.25. The van der Waals surface area contributed by atoms with Crippen LogP contribution in [0.3, 0.4) is 0 Å². The number of hydrogen-bond donors (Lipinski definition) is 2. The minimum Gasteiger partial charge on any atom is -0.444 e. The quantitative estimate of drug-likeness (QED) is 0.348. The molecule has 5 rings (SSSR count). The summed E-state index contributed by atoms with van der Waals surface area (Å²) in [5.74, 6) is 0.947. The van der Waals surface area contributed by atoms with Crippen LogP contribution in [-0.2, 0) is 9.53 Å². The summed E-state index contributed by atoms with van der Waals surface area (Å²) in [6.07, 6.45) is 4.28. The Kier molecular flexibility index (Phi) is 7.19. The van der Waals surface area contributed by atoms with Crippen LogP contribution in [0.2, 0.25) is 0 Å². The number of fused-ring (bicyclic) bond motifs is 1. The molecule has 2 N–H and O–H groups in total. The zero-order chi connectivity index (χ0) is 27.6. The Morgan fingerprint density at radius 1 is 1.08 bits per heavy atom. The smallest absolute Gasteiger partial charge is 0.410 e. The second-order valence-electron chi connectivity index (χ2n) is 10.7. The zero-order valence-electron chi connectivity index (χ0n) is 22.6. The van der Waals surface area contributed by atoms with Crippen LogP contribution in [0.1, 0.15) is 52.1 Å². The Balaban J connectivity index is 1.30. The van der Waals surface area contributed by atoms with E-state index in [0.29, 0.717) is 35.9 Å². The van der Waals surface area contributed by atoms with Gasteiger partial charge in [-0.15, -0.1) is 0 Å². The molecule has 10 heteroatoms. The number of benzene rings is 2. The van der Waals surface area contributed by atoms with E-state index < -0.39 is 17.7 Å². The first-order valence-corrected chi connectivity index (χ1v) is 13.1. The first-order chi connectivity index (χ1) is 18.7. The van der Waals surface area contributed by atoms with Gasteiger partial charge in [-0.25, -0.2) is 14.8 Å². The van der Waals surface area contributed by atoms with Gasteiger partial charge in [0.15, 0.2) is 0 Å². The third-order valence-electron chi connectivity index (χ3n) is 6.53. The van der Waals surface area contributed by atoms with Crippen molar-refractivity contribution in [1.29, 1.82) is 0 Å². The number of anilines is 2. The lowest BCUT2D eigenvalue weighted by atomic mass is 10.1. The molecule has 202 valence electrons. The molecular weight excluding hydrogens is 494 g/mol. The summed E-state index contributed by atoms with van der Waals surface area (Å²) in [4.78, 5) is 40.8. The van der Waals surface area contributed by atoms with Gasteiger partial charge in [-0.1, -0.05) is 30.3 Å². The number of rotatable bonds is 6. The van der Waals surface area contributed by atoms with E-state index in [1.54, 1.807) is 12.5 Å². The van der Waals surface area contributed by atoms with Crippen molar-refractivity contribution >= 4 is 34.7 Å². The van der Waals surface area contributed by atoms with Crippen LogP contribution in [0.4, 0.5) is 16.4 Å². The lowest BCUT2D eigenvalue weighted by molar-refractivity contribution is -0.120. The lowest BCUT2D eigenvalue weighted by Gasteiger charge is -2.28. The molecule has 0 saturated carbocycles. The molecule has 4 aromatic rings. The van der Waals surface area contributed by atoms with Gasteiger partial charge in [0.1, 0.15) is 23.8 Å². The van der Waals surface area contributed by atoms with Crippen molar-refractivity contribution in [2.75, 3.05) is 17.2 Å². The predicted molar refractivity (Wildman–Crippen MR) is 150 cm³/mol. The molecule has 1 unspecified atom stereocenters. The topological polar surface area (TPSA) is 114 Å². The maximum Gasteiger partial charge on any atom is 0.410 e. The van der Waals surface area contributed by atoms with Crippen LogP contribution >= 0.6 is 0 Å². The highest BCUT2D eigenvalue weighted by Gasteiger charge is 2.36. The Hall–Kier alpha value is -4.47. The highest BCUT2D eigenvalue weighted by atomic mass is 16.6. The summed E-state index contributed by atoms with van der Waals surface area (Å²) in [5.41, 5.74) is 2.67. The molecular formula is C29H33N7O3. The number of nitrogens with zero attached hydrogens (tertiary/aromatic N) is 5. The third kappa shape index (κ3) is 6.00. The second kappa shape index (κ2) is 10.7. The van der Waals surface area contributed by atoms with Crippen LogP contribution < -0.4 is 10.6 Å². The fraction of sp³-hybridized carbons (Fsp3) is 0.345. The largest absolute Gasteiger partial charge is 0.444 e. The summed E-state index contributed by atoms with van der Waals surface area (Å²) >= 11 is 0. The predicted octanol–water partition coefficient (Wildman–Crippen LogP) is 5.33. The van der Waals surface area contributed by atoms with Crippen LogP contribution in [0.5, 0.6) is 0 Å². The molecule has 1 fully saturated rings. The van der Waals surface area contributed by atoms with E-state index in [1.807, 2.05) is 67.8 Å². The van der Waals surface area contributed by atoms with E-state index in [2.05, 4.69) is 44.6 Å². The average molecular weight is 528 g/mol. The number of hydrogen-bond acceptors (Lipinski definition) is 7. The maximum absolute atomic E-state index is 13.1. The molecule has 3 heterocycles. The average Bonchev–Trinajstić information content (AvgIpc) is 3.56. The van der Waals surface area contributed by atoms with Crippen molar-refractivity contribution in [1.82, 2.24) is 24.4 Å². The van der Waals surface area contributed by atoms with E-state index >= 15 is 0 Å². The van der Waals surface area contributed by atoms with E-state index in [1.165, 1.54) is 4.90 Å². The Bertz CT molecular complexity index is 1480. The standard InChI is InChI=1S/C29H33N7O3/c1-19(20-9-6-5-7-10-20)32-27-30-15-14-25(34-27)36-18-31-22-17-21(12-13-23(22)36)33-26(37)24-11-8-16-35(24)28(38)39-29(2,3)4/h5-7,9-10,12-15,17-19,24H,8,11,16H2,1-4H3,(H,33,37)(H,30,32,34)/t19-,24?/m0/s1. The van der Waals surface area contributed by atoms with Crippen LogP contribution in [0.15, 0.2) is 67.1 Å². The highest BCUT2D eigenvalue weighted by molar-refractivity contribution is 5.98. The molecule has 1 aliphatic heterocycles. The maximum atomic E-state index is 13.1. The number of nitrogens with one attached hydrogen (secondary N) is 2. The van der Waals surface area contributed by atoms with Gasteiger partial charge in [-0.3, -0.25) is 14.3 Å². The third-order valence-corrected chi connectivity index (χ3v) is 6.53. The van der Waals surface area contributed by atoms with E-state index in [0.717, 1.165) is 17.5 Å². The van der Waals surface area contributed by atoms with Gasteiger partial charge in [-0.05, 0) is 70.4 Å². The van der Waals surface area contributed by atoms with Crippen molar-refractivity contribution in [3.05, 3.63) is 72.7 Å². The van der Waals surface area contributed by atoms with E-state index in [4.69, 9.17) is 4.74 Å². The molecule has 0 spiro atoms. The number of amides is 2. The zero-order valence-corrected chi connectivity index (χ0v) is 22.6. The molecule has 2 atom stereocenters. The number of carbonyl (C=O) groups is 2. The van der Waals surface area contributed by atoms with Crippen molar-refractivity contribution in [2.45, 2.75) is 58.2 Å². The van der Waals surface area contributed by atoms with Gasteiger partial charge in [0.2, 0.25) is 11.9 Å².